The second-order valence-electron chi connectivity index (χ2n) is 7.83. The van der Waals surface area contributed by atoms with Gasteiger partial charge in [0.15, 0.2) is 0 Å². The van der Waals surface area contributed by atoms with Crippen LogP contribution in [0.15, 0.2) is 48.5 Å². The van der Waals surface area contributed by atoms with Gasteiger partial charge < -0.3 is 0 Å². The maximum absolute atomic E-state index is 12.9. The Morgan fingerprint density at radius 1 is 1.18 bits per heavy atom. The van der Waals surface area contributed by atoms with Gasteiger partial charge >= 0.3 is 205 Å². The molecule has 4 rings (SSSR count). The van der Waals surface area contributed by atoms with Crippen LogP contribution in [-0.4, -0.2) is 75.9 Å². The summed E-state index contributed by atoms with van der Waals surface area (Å²) in [6, 6.07) is 17.4. The Labute approximate surface area is 204 Å². The predicted molar refractivity (Wildman–Crippen MR) is 134 cm³/mol. The number of ketones is 1. The van der Waals surface area contributed by atoms with E-state index in [4.69, 9.17) is 16.1 Å². The van der Waals surface area contributed by atoms with Crippen LogP contribution in [0.2, 0.25) is 0 Å². The summed E-state index contributed by atoms with van der Waals surface area (Å²) >= 11 is 0.660. The molecule has 33 heavy (non-hydrogen) atoms. The topological polar surface area (TPSA) is 106 Å². The SMILES string of the molecule is N#Cc1cccc(C(=O)c2sc([AsH]c3ccc(N4CCN(CCCO)CC4)cc3)nc2N)c1. The molecule has 0 saturated carbocycles. The normalized spacial score (nSPS) is 14.6. The summed E-state index contributed by atoms with van der Waals surface area (Å²) in [7, 11) is 0. The van der Waals surface area contributed by atoms with E-state index in [-0.39, 0.29) is 18.2 Å². The summed E-state index contributed by atoms with van der Waals surface area (Å²) in [5.74, 6) is 0.0789. The van der Waals surface area contributed by atoms with Gasteiger partial charge in [-0.1, -0.05) is 0 Å². The number of nitrogens with zero attached hydrogens (tertiary/aromatic N) is 4. The number of aromatic nitrogens is 1. The minimum atomic E-state index is -0.703. The third kappa shape index (κ3) is 5.81. The Kier molecular flexibility index (Phi) is 7.79. The van der Waals surface area contributed by atoms with Gasteiger partial charge in [0.1, 0.15) is 0 Å². The number of benzene rings is 2. The van der Waals surface area contributed by atoms with E-state index in [0.717, 1.165) is 42.9 Å². The number of nitriles is 1. The van der Waals surface area contributed by atoms with Crippen molar-refractivity contribution in [3.8, 4) is 6.07 Å². The Balaban J connectivity index is 1.39. The molecular formula is C24H26AsN5O2S. The van der Waals surface area contributed by atoms with Crippen LogP contribution in [0.3, 0.4) is 0 Å². The molecule has 170 valence electrons. The summed E-state index contributed by atoms with van der Waals surface area (Å²) in [5.41, 5.74) is 8.20. The summed E-state index contributed by atoms with van der Waals surface area (Å²) < 4.78 is 2.15. The number of hydrogen-bond donors (Lipinski definition) is 2. The van der Waals surface area contributed by atoms with Gasteiger partial charge in [0.25, 0.3) is 0 Å². The summed E-state index contributed by atoms with van der Waals surface area (Å²) in [6.07, 6.45) is 0.833. The first-order chi connectivity index (χ1) is 16.1. The molecule has 1 unspecified atom stereocenters. The molecule has 0 amide bonds. The van der Waals surface area contributed by atoms with E-state index in [1.54, 1.807) is 24.3 Å². The standard InChI is InChI=1S/C24H26AsN5O2S/c26-16-17-3-1-4-18(15-17)21(32)22-23(27)28-24(33-22)25-19-5-7-20(8-6-19)30-12-10-29(11-13-30)9-2-14-31/h1,3-8,15,25,31H,2,9-14,27H2. The Bertz CT molecular complexity index is 1150. The third-order valence-corrected chi connectivity index (χ3v) is 9.65. The van der Waals surface area contributed by atoms with Gasteiger partial charge in [-0.25, -0.2) is 0 Å². The van der Waals surface area contributed by atoms with Crippen LogP contribution in [0.4, 0.5) is 11.5 Å². The van der Waals surface area contributed by atoms with Crippen LogP contribution in [0.25, 0.3) is 0 Å². The quantitative estimate of drug-likeness (QED) is 0.331. The molecule has 1 aliphatic heterocycles. The average molecular weight is 523 g/mol. The number of piperazine rings is 1. The van der Waals surface area contributed by atoms with Gasteiger partial charge in [-0.3, -0.25) is 0 Å². The fourth-order valence-corrected chi connectivity index (χ4v) is 7.72. The van der Waals surface area contributed by atoms with Crippen molar-refractivity contribution in [2.75, 3.05) is 50.0 Å². The number of carbonyl (C=O) groups excluding carboxylic acids is 1. The van der Waals surface area contributed by atoms with Crippen LogP contribution >= 0.6 is 11.3 Å². The van der Waals surface area contributed by atoms with E-state index in [1.165, 1.54) is 21.4 Å². The van der Waals surface area contributed by atoms with Gasteiger partial charge in [-0.15, -0.1) is 0 Å². The number of nitrogen functional groups attached to an aromatic ring is 1. The van der Waals surface area contributed by atoms with Gasteiger partial charge in [-0.2, -0.15) is 0 Å². The molecule has 2 heterocycles. The molecule has 1 aliphatic rings. The summed E-state index contributed by atoms with van der Waals surface area (Å²) in [4.78, 5) is 22.6. The molecule has 1 atom stereocenters. The fraction of sp³-hybridized carbons (Fsp3) is 0.292. The fourth-order valence-electron chi connectivity index (χ4n) is 3.81. The molecule has 1 aromatic heterocycles. The van der Waals surface area contributed by atoms with E-state index >= 15 is 0 Å². The van der Waals surface area contributed by atoms with Crippen molar-refractivity contribution in [2.45, 2.75) is 6.42 Å². The molecule has 7 nitrogen and oxygen atoms in total. The molecule has 0 spiro atoms. The van der Waals surface area contributed by atoms with E-state index in [1.807, 2.05) is 0 Å². The first kappa shape index (κ1) is 23.5. The van der Waals surface area contributed by atoms with Crippen LogP contribution in [-0.2, 0) is 0 Å². The summed E-state index contributed by atoms with van der Waals surface area (Å²) in [6.45, 7) is 5.22. The molecule has 0 bridgehead atoms. The van der Waals surface area contributed by atoms with Crippen molar-refractivity contribution in [2.24, 2.45) is 0 Å². The van der Waals surface area contributed by atoms with Gasteiger partial charge in [-0.05, 0) is 0 Å². The first-order valence-corrected chi connectivity index (χ1v) is 13.8. The van der Waals surface area contributed by atoms with Crippen LogP contribution in [0.5, 0.6) is 0 Å². The van der Waals surface area contributed by atoms with Crippen molar-refractivity contribution in [3.63, 3.8) is 0 Å². The molecule has 0 radical (unpaired) electrons. The zero-order valence-corrected chi connectivity index (χ0v) is 21.1. The number of rotatable bonds is 8. The van der Waals surface area contributed by atoms with Crippen molar-refractivity contribution >= 4 is 52.5 Å². The van der Waals surface area contributed by atoms with E-state index in [0.29, 0.717) is 16.0 Å². The molecule has 9 heteroatoms. The number of nitrogens with two attached hydrogens (primary N) is 1. The van der Waals surface area contributed by atoms with Crippen molar-refractivity contribution in [1.29, 1.82) is 5.26 Å². The van der Waals surface area contributed by atoms with E-state index in [2.05, 4.69) is 45.1 Å². The second kappa shape index (κ2) is 11.0. The van der Waals surface area contributed by atoms with E-state index in [9.17, 15) is 4.79 Å². The molecule has 3 aromatic rings. The number of anilines is 2. The monoisotopic (exact) mass is 523 g/mol. The van der Waals surface area contributed by atoms with Crippen LogP contribution in [0, 0.1) is 11.3 Å². The van der Waals surface area contributed by atoms with Crippen molar-refractivity contribution < 1.29 is 9.90 Å². The average Bonchev–Trinajstić information content (AvgIpc) is 3.22. The van der Waals surface area contributed by atoms with Gasteiger partial charge in [0.05, 0.1) is 0 Å². The maximum atomic E-state index is 12.9. The molecule has 1 fully saturated rings. The van der Waals surface area contributed by atoms with Gasteiger partial charge in [0.2, 0.25) is 0 Å². The number of carbonyl (C=O) groups is 1. The van der Waals surface area contributed by atoms with Crippen LogP contribution < -0.4 is 18.8 Å². The number of hydrogen-bond acceptors (Lipinski definition) is 8. The molecule has 3 N–H and O–H groups in total. The molecule has 1 saturated heterocycles. The van der Waals surface area contributed by atoms with Crippen molar-refractivity contribution in [1.82, 2.24) is 9.88 Å². The predicted octanol–water partition coefficient (Wildman–Crippen LogP) is 0.720. The molecule has 2 aromatic carbocycles. The number of thiazole rings is 1. The Morgan fingerprint density at radius 2 is 1.94 bits per heavy atom. The van der Waals surface area contributed by atoms with Crippen molar-refractivity contribution in [3.05, 3.63) is 64.5 Å². The zero-order valence-electron chi connectivity index (χ0n) is 18.2. The number of aliphatic hydroxyl groups is 1. The summed E-state index contributed by atoms with van der Waals surface area (Å²) in [5, 5.41) is 18.1. The zero-order chi connectivity index (χ0) is 23.2. The molecular weight excluding hydrogens is 497 g/mol. The van der Waals surface area contributed by atoms with Gasteiger partial charge in [0, 0.05) is 0 Å². The Hall–Kier alpha value is -2.69. The van der Waals surface area contributed by atoms with E-state index < -0.39 is 15.8 Å². The second-order valence-corrected chi connectivity index (χ2v) is 12.3. The Morgan fingerprint density at radius 3 is 2.64 bits per heavy atom. The minimum absolute atomic E-state index is 0.187. The first-order valence-electron chi connectivity index (χ1n) is 10.8. The third-order valence-electron chi connectivity index (χ3n) is 5.60. The van der Waals surface area contributed by atoms with Crippen LogP contribution in [0.1, 0.15) is 27.2 Å². The molecule has 0 aliphatic carbocycles. The number of aliphatic hydroxyl groups excluding tert-OH is 1.